The maximum atomic E-state index is 12.0. The van der Waals surface area contributed by atoms with Crippen LogP contribution in [-0.2, 0) is 4.79 Å². The van der Waals surface area contributed by atoms with Gasteiger partial charge in [0.2, 0.25) is 5.91 Å². The molecule has 0 aliphatic carbocycles. The number of nitrogens with one attached hydrogen (secondary N) is 1. The molecule has 2 rings (SSSR count). The van der Waals surface area contributed by atoms with Crippen molar-refractivity contribution in [1.82, 2.24) is 4.90 Å². The Balaban J connectivity index is 0.00000200. The minimum atomic E-state index is -0.0988. The Morgan fingerprint density at radius 1 is 1.45 bits per heavy atom. The van der Waals surface area contributed by atoms with Crippen molar-refractivity contribution in [2.45, 2.75) is 18.9 Å². The Kier molecular flexibility index (Phi) is 7.06. The van der Waals surface area contributed by atoms with Crippen LogP contribution in [0.25, 0.3) is 0 Å². The Morgan fingerprint density at radius 3 is 2.90 bits per heavy atom. The molecule has 1 saturated heterocycles. The zero-order valence-corrected chi connectivity index (χ0v) is 13.3. The molecule has 0 saturated carbocycles. The summed E-state index contributed by atoms with van der Waals surface area (Å²) in [5.41, 5.74) is 6.43. The normalized spacial score (nSPS) is 19.2. The van der Waals surface area contributed by atoms with Gasteiger partial charge in [-0.3, -0.25) is 9.69 Å². The van der Waals surface area contributed by atoms with E-state index in [0.717, 1.165) is 25.9 Å². The third-order valence-corrected chi connectivity index (χ3v) is 3.95. The van der Waals surface area contributed by atoms with Crippen LogP contribution in [0.3, 0.4) is 0 Å². The summed E-state index contributed by atoms with van der Waals surface area (Å²) < 4.78 is 0. The quantitative estimate of drug-likeness (QED) is 0.891. The number of carbonyl (C=O) groups excluding carboxylic acids is 1. The largest absolute Gasteiger partial charge is 0.327 e. The molecule has 112 valence electrons. The zero-order valence-electron chi connectivity index (χ0n) is 10.9. The van der Waals surface area contributed by atoms with Crippen LogP contribution in [0.5, 0.6) is 0 Å². The van der Waals surface area contributed by atoms with Gasteiger partial charge in [0.25, 0.3) is 0 Å². The second-order valence-corrected chi connectivity index (χ2v) is 5.57. The molecule has 0 spiro atoms. The SMILES string of the molecule is Cl.NC1CCCN(CC(=O)Nc2cccc(Cl)c2Cl)C1. The molecule has 1 fully saturated rings. The van der Waals surface area contributed by atoms with Gasteiger partial charge in [-0.1, -0.05) is 29.3 Å². The highest BCUT2D eigenvalue weighted by atomic mass is 35.5. The summed E-state index contributed by atoms with van der Waals surface area (Å²) in [4.78, 5) is 14.0. The molecule has 0 aromatic heterocycles. The minimum Gasteiger partial charge on any atom is -0.327 e. The summed E-state index contributed by atoms with van der Waals surface area (Å²) >= 11 is 11.9. The molecule has 7 heteroatoms. The number of benzene rings is 1. The van der Waals surface area contributed by atoms with E-state index in [1.165, 1.54) is 0 Å². The van der Waals surface area contributed by atoms with Crippen molar-refractivity contribution < 1.29 is 4.79 Å². The molecule has 0 radical (unpaired) electrons. The van der Waals surface area contributed by atoms with Gasteiger partial charge < -0.3 is 11.1 Å². The van der Waals surface area contributed by atoms with Crippen LogP contribution >= 0.6 is 35.6 Å². The van der Waals surface area contributed by atoms with Gasteiger partial charge in [-0.2, -0.15) is 0 Å². The van der Waals surface area contributed by atoms with E-state index in [9.17, 15) is 4.79 Å². The average Bonchev–Trinajstić information content (AvgIpc) is 2.35. The zero-order chi connectivity index (χ0) is 13.8. The van der Waals surface area contributed by atoms with Gasteiger partial charge in [0, 0.05) is 12.6 Å². The second-order valence-electron chi connectivity index (χ2n) is 4.79. The summed E-state index contributed by atoms with van der Waals surface area (Å²) in [6, 6.07) is 5.33. The summed E-state index contributed by atoms with van der Waals surface area (Å²) in [5.74, 6) is -0.0988. The molecule has 1 aliphatic rings. The lowest BCUT2D eigenvalue weighted by Crippen LogP contribution is -2.45. The summed E-state index contributed by atoms with van der Waals surface area (Å²) in [6.07, 6.45) is 2.06. The molecule has 1 aliphatic heterocycles. The van der Waals surface area contributed by atoms with Gasteiger partial charge in [-0.25, -0.2) is 0 Å². The van der Waals surface area contributed by atoms with Crippen molar-refractivity contribution >= 4 is 47.2 Å². The number of nitrogens with two attached hydrogens (primary N) is 1. The lowest BCUT2D eigenvalue weighted by Gasteiger charge is -2.29. The molecule has 1 atom stereocenters. The molecule has 3 N–H and O–H groups in total. The van der Waals surface area contributed by atoms with E-state index in [4.69, 9.17) is 28.9 Å². The number of piperidine rings is 1. The van der Waals surface area contributed by atoms with Crippen molar-refractivity contribution in [3.05, 3.63) is 28.2 Å². The minimum absolute atomic E-state index is 0. The van der Waals surface area contributed by atoms with E-state index in [2.05, 4.69) is 10.2 Å². The number of likely N-dealkylation sites (tertiary alicyclic amines) is 1. The number of halogens is 3. The summed E-state index contributed by atoms with van der Waals surface area (Å²) in [7, 11) is 0. The second kappa shape index (κ2) is 8.05. The van der Waals surface area contributed by atoms with Crippen molar-refractivity contribution in [1.29, 1.82) is 0 Å². The van der Waals surface area contributed by atoms with Crippen LogP contribution < -0.4 is 11.1 Å². The number of hydrogen-bond acceptors (Lipinski definition) is 3. The van der Waals surface area contributed by atoms with Gasteiger partial charge in [0.15, 0.2) is 0 Å². The van der Waals surface area contributed by atoms with Gasteiger partial charge >= 0.3 is 0 Å². The first kappa shape index (κ1) is 17.5. The highest BCUT2D eigenvalue weighted by molar-refractivity contribution is 6.43. The fourth-order valence-corrected chi connectivity index (χ4v) is 2.58. The van der Waals surface area contributed by atoms with Crippen molar-refractivity contribution in [2.24, 2.45) is 5.73 Å². The molecule has 1 heterocycles. The Morgan fingerprint density at radius 2 is 2.20 bits per heavy atom. The van der Waals surface area contributed by atoms with Crippen LogP contribution in [0.1, 0.15) is 12.8 Å². The van der Waals surface area contributed by atoms with Gasteiger partial charge in [-0.15, -0.1) is 12.4 Å². The Hall–Kier alpha value is -0.520. The van der Waals surface area contributed by atoms with Crippen molar-refractivity contribution in [2.75, 3.05) is 25.0 Å². The highest BCUT2D eigenvalue weighted by Gasteiger charge is 2.19. The lowest BCUT2D eigenvalue weighted by atomic mass is 10.1. The lowest BCUT2D eigenvalue weighted by molar-refractivity contribution is -0.117. The average molecular weight is 339 g/mol. The third kappa shape index (κ3) is 4.79. The first-order valence-corrected chi connectivity index (χ1v) is 7.03. The monoisotopic (exact) mass is 337 g/mol. The Labute approximate surface area is 135 Å². The number of amides is 1. The van der Waals surface area contributed by atoms with E-state index in [1.807, 2.05) is 0 Å². The molecular formula is C13H18Cl3N3O. The predicted octanol–water partition coefficient (Wildman–Crippen LogP) is 2.78. The first-order chi connectivity index (χ1) is 9.06. The van der Waals surface area contributed by atoms with E-state index in [-0.39, 0.29) is 24.4 Å². The van der Waals surface area contributed by atoms with E-state index in [1.54, 1.807) is 18.2 Å². The third-order valence-electron chi connectivity index (χ3n) is 3.13. The number of rotatable bonds is 3. The smallest absolute Gasteiger partial charge is 0.238 e. The molecule has 1 amide bonds. The van der Waals surface area contributed by atoms with Crippen molar-refractivity contribution in [3.8, 4) is 0 Å². The predicted molar refractivity (Wildman–Crippen MR) is 86.0 cm³/mol. The van der Waals surface area contributed by atoms with Crippen LogP contribution in [0.15, 0.2) is 18.2 Å². The Bertz CT molecular complexity index is 470. The standard InChI is InChI=1S/C13H17Cl2N3O.ClH/c14-10-4-1-5-11(13(10)15)17-12(19)8-18-6-2-3-9(16)7-18;/h1,4-5,9H,2-3,6-8,16H2,(H,17,19);1H. The fraction of sp³-hybridized carbons (Fsp3) is 0.462. The summed E-state index contributed by atoms with van der Waals surface area (Å²) in [6.45, 7) is 2.00. The molecular weight excluding hydrogens is 321 g/mol. The molecule has 1 unspecified atom stereocenters. The molecule has 1 aromatic rings. The van der Waals surface area contributed by atoms with E-state index >= 15 is 0 Å². The maximum absolute atomic E-state index is 12.0. The number of anilines is 1. The van der Waals surface area contributed by atoms with Crippen LogP contribution in [0.4, 0.5) is 5.69 Å². The van der Waals surface area contributed by atoms with Gasteiger partial charge in [-0.05, 0) is 31.5 Å². The molecule has 4 nitrogen and oxygen atoms in total. The highest BCUT2D eigenvalue weighted by Crippen LogP contribution is 2.29. The number of carbonyl (C=O) groups is 1. The molecule has 1 aromatic carbocycles. The number of hydrogen-bond donors (Lipinski definition) is 2. The van der Waals surface area contributed by atoms with Gasteiger partial charge in [0.05, 0.1) is 22.3 Å². The maximum Gasteiger partial charge on any atom is 0.238 e. The van der Waals surface area contributed by atoms with Crippen molar-refractivity contribution in [3.63, 3.8) is 0 Å². The van der Waals surface area contributed by atoms with Gasteiger partial charge in [0.1, 0.15) is 0 Å². The molecule has 0 bridgehead atoms. The van der Waals surface area contributed by atoms with E-state index < -0.39 is 0 Å². The van der Waals surface area contributed by atoms with Crippen LogP contribution in [0.2, 0.25) is 10.0 Å². The fourth-order valence-electron chi connectivity index (χ4n) is 2.23. The van der Waals surface area contributed by atoms with Crippen LogP contribution in [-0.4, -0.2) is 36.5 Å². The summed E-state index contributed by atoms with van der Waals surface area (Å²) in [5, 5.41) is 3.57. The molecule has 20 heavy (non-hydrogen) atoms. The number of nitrogens with zero attached hydrogens (tertiary/aromatic N) is 1. The van der Waals surface area contributed by atoms with Crippen LogP contribution in [0, 0.1) is 0 Å². The first-order valence-electron chi connectivity index (χ1n) is 6.28. The topological polar surface area (TPSA) is 58.4 Å². The van der Waals surface area contributed by atoms with E-state index in [0.29, 0.717) is 22.3 Å².